The number of fused-ring (bicyclic) bond motifs is 1. The van der Waals surface area contributed by atoms with Crippen molar-refractivity contribution in [3.8, 4) is 0 Å². The van der Waals surface area contributed by atoms with E-state index in [2.05, 4.69) is 29.2 Å². The van der Waals surface area contributed by atoms with Crippen molar-refractivity contribution in [2.75, 3.05) is 6.54 Å². The van der Waals surface area contributed by atoms with Crippen molar-refractivity contribution in [1.82, 2.24) is 14.9 Å². The lowest BCUT2D eigenvalue weighted by atomic mass is 10.0. The van der Waals surface area contributed by atoms with Crippen LogP contribution >= 0.6 is 11.6 Å². The number of aryl methyl sites for hydroxylation is 1. The maximum absolute atomic E-state index is 13.1. The molecule has 1 atom stereocenters. The van der Waals surface area contributed by atoms with E-state index in [-0.39, 0.29) is 11.9 Å². The van der Waals surface area contributed by atoms with Crippen LogP contribution in [0.2, 0.25) is 5.02 Å². The molecule has 5 rings (SSSR count). The van der Waals surface area contributed by atoms with Gasteiger partial charge in [-0.25, -0.2) is 0 Å². The molecule has 0 radical (unpaired) electrons. The van der Waals surface area contributed by atoms with Crippen molar-refractivity contribution in [1.29, 1.82) is 0 Å². The molecule has 1 aliphatic rings. The van der Waals surface area contributed by atoms with E-state index in [0.717, 1.165) is 54.0 Å². The molecule has 0 aliphatic carbocycles. The number of rotatable bonds is 6. The van der Waals surface area contributed by atoms with E-state index in [1.165, 1.54) is 16.5 Å². The first-order valence-corrected chi connectivity index (χ1v) is 11.6. The molecule has 4 nitrogen and oxygen atoms in total. The van der Waals surface area contributed by atoms with Crippen molar-refractivity contribution in [3.05, 3.63) is 100 Å². The van der Waals surface area contributed by atoms with Gasteiger partial charge in [0, 0.05) is 41.3 Å². The van der Waals surface area contributed by atoms with Gasteiger partial charge in [0.1, 0.15) is 0 Å². The fraction of sp³-hybridized carbons (Fsp3) is 0.259. The molecule has 1 N–H and O–H groups in total. The fourth-order valence-electron chi connectivity index (χ4n) is 4.67. The molecule has 4 aromatic rings. The van der Waals surface area contributed by atoms with Gasteiger partial charge in [0.2, 0.25) is 5.91 Å². The second-order valence-corrected chi connectivity index (χ2v) is 8.94. The maximum atomic E-state index is 13.1. The highest BCUT2D eigenvalue weighted by Crippen LogP contribution is 2.32. The third kappa shape index (κ3) is 4.42. The lowest BCUT2D eigenvalue weighted by Crippen LogP contribution is -2.31. The van der Waals surface area contributed by atoms with E-state index >= 15 is 0 Å². The molecule has 0 saturated carbocycles. The number of benzene rings is 2. The summed E-state index contributed by atoms with van der Waals surface area (Å²) in [5.74, 6) is 0.213. The summed E-state index contributed by atoms with van der Waals surface area (Å²) in [6.07, 6.45) is 8.06. The van der Waals surface area contributed by atoms with Gasteiger partial charge in [-0.1, -0.05) is 48.0 Å². The number of carbonyl (C=O) groups is 1. The number of halogens is 1. The first-order chi connectivity index (χ1) is 15.7. The highest BCUT2D eigenvalue weighted by Gasteiger charge is 2.30. The molecule has 1 saturated heterocycles. The Hall–Kier alpha value is -3.11. The van der Waals surface area contributed by atoms with Crippen molar-refractivity contribution in [2.24, 2.45) is 0 Å². The number of nitrogens with one attached hydrogen (secondary N) is 1. The summed E-state index contributed by atoms with van der Waals surface area (Å²) >= 11 is 5.98. The normalized spacial score (nSPS) is 16.0. The molecule has 2 aromatic carbocycles. The summed E-state index contributed by atoms with van der Waals surface area (Å²) in [6.45, 7) is 0.811. The molecular weight excluding hydrogens is 418 g/mol. The minimum atomic E-state index is 0.0788. The third-order valence-electron chi connectivity index (χ3n) is 6.37. The zero-order chi connectivity index (χ0) is 21.9. The van der Waals surface area contributed by atoms with E-state index < -0.39 is 0 Å². The monoisotopic (exact) mass is 443 g/mol. The molecule has 162 valence electrons. The zero-order valence-electron chi connectivity index (χ0n) is 17.9. The summed E-state index contributed by atoms with van der Waals surface area (Å²) in [5, 5.41) is 1.95. The number of H-pyrrole nitrogens is 1. The van der Waals surface area contributed by atoms with E-state index in [1.807, 2.05) is 53.7 Å². The van der Waals surface area contributed by atoms with E-state index in [0.29, 0.717) is 6.42 Å². The molecule has 1 fully saturated rings. The SMILES string of the molecule is O=C(CCc1c[nH]c2ccccc12)N1CCC[C@@H]1c1ccc(Cc2ccc(Cl)cc2)cn1. The summed E-state index contributed by atoms with van der Waals surface area (Å²) in [4.78, 5) is 23.1. The maximum Gasteiger partial charge on any atom is 0.223 e. The van der Waals surface area contributed by atoms with Crippen LogP contribution in [0.4, 0.5) is 0 Å². The molecule has 0 bridgehead atoms. The van der Waals surface area contributed by atoms with Crippen LogP contribution in [0.25, 0.3) is 10.9 Å². The van der Waals surface area contributed by atoms with E-state index in [4.69, 9.17) is 16.6 Å². The Kier molecular flexibility index (Phi) is 5.95. The Morgan fingerprint density at radius 1 is 1.06 bits per heavy atom. The average Bonchev–Trinajstić information content (AvgIpc) is 3.47. The van der Waals surface area contributed by atoms with E-state index in [1.54, 1.807) is 0 Å². The third-order valence-corrected chi connectivity index (χ3v) is 6.62. The fourth-order valence-corrected chi connectivity index (χ4v) is 4.80. The lowest BCUT2D eigenvalue weighted by Gasteiger charge is -2.24. The van der Waals surface area contributed by atoms with Gasteiger partial charge in [-0.15, -0.1) is 0 Å². The smallest absolute Gasteiger partial charge is 0.223 e. The van der Waals surface area contributed by atoms with Crippen molar-refractivity contribution < 1.29 is 4.79 Å². The van der Waals surface area contributed by atoms with Crippen LogP contribution in [-0.4, -0.2) is 27.3 Å². The number of hydrogen-bond acceptors (Lipinski definition) is 2. The van der Waals surface area contributed by atoms with Gasteiger partial charge in [-0.05, 0) is 66.6 Å². The Labute approximate surface area is 193 Å². The van der Waals surface area contributed by atoms with Crippen molar-refractivity contribution in [3.63, 3.8) is 0 Å². The summed E-state index contributed by atoms with van der Waals surface area (Å²) in [6, 6.07) is 20.5. The highest BCUT2D eigenvalue weighted by atomic mass is 35.5. The predicted octanol–water partition coefficient (Wildman–Crippen LogP) is 6.10. The Bertz CT molecular complexity index is 1210. The molecule has 3 heterocycles. The number of aromatic amines is 1. The van der Waals surface area contributed by atoms with Crippen molar-refractivity contribution in [2.45, 2.75) is 38.1 Å². The number of para-hydroxylation sites is 1. The number of hydrogen-bond donors (Lipinski definition) is 1. The Balaban J connectivity index is 1.23. The topological polar surface area (TPSA) is 49.0 Å². The van der Waals surface area contributed by atoms with Crippen LogP contribution < -0.4 is 0 Å². The van der Waals surface area contributed by atoms with Gasteiger partial charge in [0.25, 0.3) is 0 Å². The minimum Gasteiger partial charge on any atom is -0.361 e. The van der Waals surface area contributed by atoms with Crippen LogP contribution in [0.1, 0.15) is 47.7 Å². The molecule has 0 unspecified atom stereocenters. The molecule has 5 heteroatoms. The second kappa shape index (κ2) is 9.17. The summed E-state index contributed by atoms with van der Waals surface area (Å²) < 4.78 is 0. The molecule has 0 spiro atoms. The van der Waals surface area contributed by atoms with Gasteiger partial charge in [-0.2, -0.15) is 0 Å². The lowest BCUT2D eigenvalue weighted by molar-refractivity contribution is -0.132. The zero-order valence-corrected chi connectivity index (χ0v) is 18.7. The van der Waals surface area contributed by atoms with Gasteiger partial charge in [0.05, 0.1) is 11.7 Å². The van der Waals surface area contributed by atoms with Gasteiger partial charge in [0.15, 0.2) is 0 Å². The van der Waals surface area contributed by atoms with Crippen LogP contribution in [0.15, 0.2) is 73.1 Å². The Morgan fingerprint density at radius 2 is 1.88 bits per heavy atom. The number of likely N-dealkylation sites (tertiary alicyclic amines) is 1. The molecule has 1 aliphatic heterocycles. The largest absolute Gasteiger partial charge is 0.361 e. The van der Waals surface area contributed by atoms with Crippen LogP contribution in [-0.2, 0) is 17.6 Å². The predicted molar refractivity (Wildman–Crippen MR) is 129 cm³/mol. The van der Waals surface area contributed by atoms with Gasteiger partial charge < -0.3 is 9.88 Å². The molecule has 1 amide bonds. The number of nitrogens with zero attached hydrogens (tertiary/aromatic N) is 2. The molecule has 2 aromatic heterocycles. The molecule has 32 heavy (non-hydrogen) atoms. The van der Waals surface area contributed by atoms with E-state index in [9.17, 15) is 4.79 Å². The number of amides is 1. The standard InChI is InChI=1S/C27H26ClN3O/c28-22-11-7-19(8-12-22)16-20-9-13-25(29-17-20)26-6-3-15-31(26)27(32)14-10-21-18-30-24-5-2-1-4-23(21)24/h1-2,4-5,7-9,11-13,17-18,26,30H,3,6,10,14-16H2/t26-/m1/s1. The van der Waals surface area contributed by atoms with Crippen LogP contribution in [0.3, 0.4) is 0 Å². The Morgan fingerprint density at radius 3 is 2.69 bits per heavy atom. The van der Waals surface area contributed by atoms with Gasteiger partial charge in [-0.3, -0.25) is 9.78 Å². The quantitative estimate of drug-likeness (QED) is 0.391. The van der Waals surface area contributed by atoms with Crippen molar-refractivity contribution >= 4 is 28.4 Å². The number of pyridine rings is 1. The highest BCUT2D eigenvalue weighted by molar-refractivity contribution is 6.30. The van der Waals surface area contributed by atoms with Crippen LogP contribution in [0.5, 0.6) is 0 Å². The molecular formula is C27H26ClN3O. The first-order valence-electron chi connectivity index (χ1n) is 11.2. The second-order valence-electron chi connectivity index (χ2n) is 8.50. The number of carbonyl (C=O) groups excluding carboxylic acids is 1. The first kappa shape index (κ1) is 20.8. The number of aromatic nitrogens is 2. The van der Waals surface area contributed by atoms with Crippen LogP contribution in [0, 0.1) is 0 Å². The summed E-state index contributed by atoms with van der Waals surface area (Å²) in [5.41, 5.74) is 5.68. The summed E-state index contributed by atoms with van der Waals surface area (Å²) in [7, 11) is 0. The van der Waals surface area contributed by atoms with Gasteiger partial charge >= 0.3 is 0 Å². The minimum absolute atomic E-state index is 0.0788. The average molecular weight is 444 g/mol.